The third-order valence-electron chi connectivity index (χ3n) is 1.93. The monoisotopic (exact) mass is 1090 g/mol. The molecule has 5 atom stereocenters. The van der Waals surface area contributed by atoms with Crippen LogP contribution in [0.5, 0.6) is 0 Å². The predicted octanol–water partition coefficient (Wildman–Crippen LogP) is -3.25. The summed E-state index contributed by atoms with van der Waals surface area (Å²) in [5.74, 6) is 0. The van der Waals surface area contributed by atoms with Crippen LogP contribution in [0.4, 0.5) is 0 Å². The number of aliphatic hydroxyl groups excluding tert-OH is 4. The number of rotatable bonds is 1. The van der Waals surface area contributed by atoms with E-state index >= 15 is 0 Å². The van der Waals surface area contributed by atoms with Crippen molar-refractivity contribution >= 4 is 0 Å². The molecule has 16 heavy (non-hydrogen) atoms. The van der Waals surface area contributed by atoms with Crippen molar-refractivity contribution in [2.45, 2.75) is 30.6 Å². The Morgan fingerprint density at radius 1 is 0.875 bits per heavy atom. The van der Waals surface area contributed by atoms with Gasteiger partial charge in [0.05, 0.1) is 6.61 Å². The maximum Gasteiger partial charge on any atom is 0.135 e. The summed E-state index contributed by atoms with van der Waals surface area (Å²) in [5, 5.41) is 36.1. The molecule has 1 fully saturated rings. The number of hydrogen-bond donors (Lipinski definition) is 5. The zero-order valence-corrected chi connectivity index (χ0v) is 27.7. The van der Waals surface area contributed by atoms with Crippen molar-refractivity contribution in [1.29, 1.82) is 0 Å². The average molecular weight is 1090 g/mol. The van der Waals surface area contributed by atoms with Gasteiger partial charge >= 0.3 is 0 Å². The van der Waals surface area contributed by atoms with Gasteiger partial charge in [-0.1, -0.05) is 0 Å². The molecule has 0 aromatic rings. The maximum atomic E-state index is 9.18. The van der Waals surface area contributed by atoms with Crippen LogP contribution in [-0.2, 0) is 4.74 Å². The van der Waals surface area contributed by atoms with Gasteiger partial charge in [-0.15, -0.1) is 0 Å². The summed E-state index contributed by atoms with van der Waals surface area (Å²) < 4.78 is 4.80. The van der Waals surface area contributed by atoms with E-state index < -0.39 is 37.3 Å². The third-order valence-corrected chi connectivity index (χ3v) is 1.93. The second-order valence-electron chi connectivity index (χ2n) is 2.79. The van der Waals surface area contributed by atoms with E-state index in [0.717, 1.165) is 0 Å². The standard InChI is InChI=1S/C6H13NO5.4Ac/c7-6-5(11)4(10)3(9)2(1-8)12-6;;;;/h2-6,8-11H,1,7H2;;;;/t2?,3-,4?,5?,6-;;;;/m0..../s1. The van der Waals surface area contributed by atoms with Gasteiger partial charge < -0.3 is 30.9 Å². The van der Waals surface area contributed by atoms with Crippen molar-refractivity contribution in [2.75, 3.05) is 6.61 Å². The van der Waals surface area contributed by atoms with E-state index in [0.29, 0.717) is 0 Å². The molecule has 1 rings (SSSR count). The van der Waals surface area contributed by atoms with Crippen LogP contribution >= 0.6 is 0 Å². The van der Waals surface area contributed by atoms with Gasteiger partial charge in [0.1, 0.15) is 30.6 Å². The van der Waals surface area contributed by atoms with Gasteiger partial charge in [0, 0.05) is 176 Å². The smallest absolute Gasteiger partial charge is 0.135 e. The number of ether oxygens (including phenoxy) is 1. The van der Waals surface area contributed by atoms with Crippen molar-refractivity contribution in [2.24, 2.45) is 5.73 Å². The minimum Gasteiger partial charge on any atom is -0.394 e. The summed E-state index contributed by atoms with van der Waals surface area (Å²) in [6.07, 6.45) is -5.99. The Hall–Kier alpha value is 5.53. The fraction of sp³-hybridized carbons (Fsp3) is 1.00. The number of nitrogens with two attached hydrogens (primary N) is 1. The van der Waals surface area contributed by atoms with E-state index in [9.17, 15) is 5.11 Å². The molecule has 0 aromatic heterocycles. The van der Waals surface area contributed by atoms with E-state index in [2.05, 4.69) is 0 Å². The second-order valence-corrected chi connectivity index (χ2v) is 2.79. The predicted molar refractivity (Wildman–Crippen MR) is 38.0 cm³/mol. The van der Waals surface area contributed by atoms with Gasteiger partial charge in [-0.2, -0.15) is 0 Å². The van der Waals surface area contributed by atoms with Gasteiger partial charge in [0.15, 0.2) is 0 Å². The molecule has 10 heteroatoms. The van der Waals surface area contributed by atoms with Crippen LogP contribution in [0.25, 0.3) is 0 Å². The molecular formula is C6H13Ac4NO5. The van der Waals surface area contributed by atoms with Crippen LogP contribution in [0, 0.1) is 176 Å². The Kier molecular flexibility index (Phi) is 28.5. The molecule has 1 saturated heterocycles. The Morgan fingerprint density at radius 3 is 1.69 bits per heavy atom. The van der Waals surface area contributed by atoms with Crippen LogP contribution in [0.1, 0.15) is 0 Å². The Labute approximate surface area is 237 Å². The molecule has 6 nitrogen and oxygen atoms in total. The van der Waals surface area contributed by atoms with E-state index in [4.69, 9.17) is 25.8 Å². The third kappa shape index (κ3) is 8.85. The van der Waals surface area contributed by atoms with E-state index in [1.807, 2.05) is 0 Å². The van der Waals surface area contributed by atoms with Crippen LogP contribution in [0.2, 0.25) is 0 Å². The summed E-state index contributed by atoms with van der Waals surface area (Å²) >= 11 is 0. The van der Waals surface area contributed by atoms with Crippen LogP contribution in [0.3, 0.4) is 0 Å². The number of hydrogen-bond acceptors (Lipinski definition) is 6. The zero-order chi connectivity index (χ0) is 9.30. The molecular weight excluding hydrogens is 1070 g/mol. The molecule has 0 aliphatic carbocycles. The second kappa shape index (κ2) is 15.4. The summed E-state index contributed by atoms with van der Waals surface area (Å²) in [7, 11) is 0. The molecule has 1 heterocycles. The van der Waals surface area contributed by atoms with Gasteiger partial charge in [-0.3, -0.25) is 0 Å². The van der Waals surface area contributed by atoms with E-state index in [1.165, 1.54) is 0 Å². The van der Waals surface area contributed by atoms with Gasteiger partial charge in [-0.25, -0.2) is 0 Å². The SMILES string of the molecule is N[C@H]1OC(CO)[C@H](O)C(O)C1O.[Ac].[Ac].[Ac].[Ac]. The molecule has 0 bridgehead atoms. The average Bonchev–Trinajstić information content (AvgIpc) is 2.08. The molecule has 4 radical (unpaired) electrons. The largest absolute Gasteiger partial charge is 0.394 e. The quantitative estimate of drug-likeness (QED) is 0.189. The molecule has 0 spiro atoms. The van der Waals surface area contributed by atoms with Crippen molar-refractivity contribution < 1.29 is 201 Å². The van der Waals surface area contributed by atoms with Crippen molar-refractivity contribution in [3.63, 3.8) is 0 Å². The topological polar surface area (TPSA) is 116 Å². The fourth-order valence-electron chi connectivity index (χ4n) is 1.13. The first-order valence-electron chi connectivity index (χ1n) is 3.64. The van der Waals surface area contributed by atoms with Crippen molar-refractivity contribution in [3.05, 3.63) is 0 Å². The van der Waals surface area contributed by atoms with Gasteiger partial charge in [0.2, 0.25) is 0 Å². The van der Waals surface area contributed by atoms with Crippen molar-refractivity contribution in [1.82, 2.24) is 0 Å². The molecule has 84 valence electrons. The summed E-state index contributed by atoms with van der Waals surface area (Å²) in [6.45, 7) is -0.446. The fourth-order valence-corrected chi connectivity index (χ4v) is 1.13. The molecule has 0 amide bonds. The molecule has 0 aromatic carbocycles. The maximum absolute atomic E-state index is 9.18. The van der Waals surface area contributed by atoms with Gasteiger partial charge in [-0.05, 0) is 0 Å². The number of aliphatic hydroxyl groups is 4. The van der Waals surface area contributed by atoms with Crippen LogP contribution in [0.15, 0.2) is 0 Å². The van der Waals surface area contributed by atoms with Crippen LogP contribution < -0.4 is 5.73 Å². The minimum absolute atomic E-state index is 0. The zero-order valence-electron chi connectivity index (χ0n) is 8.68. The summed E-state index contributed by atoms with van der Waals surface area (Å²) in [6, 6.07) is 0. The first-order chi connectivity index (χ1) is 5.57. The molecule has 1 aliphatic heterocycles. The van der Waals surface area contributed by atoms with E-state index in [-0.39, 0.29) is 176 Å². The molecule has 3 unspecified atom stereocenters. The first-order valence-corrected chi connectivity index (χ1v) is 3.64. The van der Waals surface area contributed by atoms with Gasteiger partial charge in [0.25, 0.3) is 0 Å². The summed E-state index contributed by atoms with van der Waals surface area (Å²) in [4.78, 5) is 0. The van der Waals surface area contributed by atoms with Crippen LogP contribution in [-0.4, -0.2) is 57.7 Å². The molecule has 6 N–H and O–H groups in total. The Bertz CT molecular complexity index is 163. The van der Waals surface area contributed by atoms with E-state index in [1.54, 1.807) is 0 Å². The minimum atomic E-state index is -1.37. The Balaban J connectivity index is -0.000000180. The normalized spacial score (nSPS) is 36.9. The molecule has 0 saturated carbocycles. The first kappa shape index (κ1) is 29.5. The summed E-state index contributed by atoms with van der Waals surface area (Å²) in [5.41, 5.74) is 5.24. The molecule has 1 aliphatic rings. The Morgan fingerprint density at radius 2 is 1.31 bits per heavy atom. The van der Waals surface area contributed by atoms with Crippen molar-refractivity contribution in [3.8, 4) is 0 Å².